The van der Waals surface area contributed by atoms with Crippen LogP contribution in [0.3, 0.4) is 0 Å². The van der Waals surface area contributed by atoms with Crippen molar-refractivity contribution in [2.75, 3.05) is 5.32 Å². The summed E-state index contributed by atoms with van der Waals surface area (Å²) in [7, 11) is 0. The minimum absolute atomic E-state index is 0.218. The van der Waals surface area contributed by atoms with Gasteiger partial charge in [0.05, 0.1) is 17.4 Å². The zero-order valence-electron chi connectivity index (χ0n) is 12.5. The molecular formula is C18H15BrN2O2. The van der Waals surface area contributed by atoms with Gasteiger partial charge < -0.3 is 10.1 Å². The number of para-hydroxylation sites is 1. The Morgan fingerprint density at radius 3 is 2.70 bits per heavy atom. The molecule has 0 aliphatic rings. The second kappa shape index (κ2) is 6.79. The number of nitrogens with zero attached hydrogens (tertiary/aromatic N) is 1. The number of hydrogen-bond donors (Lipinski definition) is 1. The molecule has 1 heterocycles. The summed E-state index contributed by atoms with van der Waals surface area (Å²) in [5.74, 6) is 0.428. The molecule has 23 heavy (non-hydrogen) atoms. The van der Waals surface area contributed by atoms with Gasteiger partial charge in [-0.05, 0) is 43.3 Å². The quantitative estimate of drug-likeness (QED) is 0.740. The summed E-state index contributed by atoms with van der Waals surface area (Å²) in [6, 6.07) is 17.0. The van der Waals surface area contributed by atoms with Crippen molar-refractivity contribution in [1.82, 2.24) is 4.98 Å². The lowest BCUT2D eigenvalue weighted by atomic mass is 10.2. The third kappa shape index (κ3) is 3.87. The molecule has 0 fully saturated rings. The van der Waals surface area contributed by atoms with Gasteiger partial charge in [-0.25, -0.2) is 0 Å². The fourth-order valence-electron chi connectivity index (χ4n) is 2.15. The van der Waals surface area contributed by atoms with Crippen molar-refractivity contribution in [2.24, 2.45) is 0 Å². The van der Waals surface area contributed by atoms with Crippen LogP contribution in [-0.2, 0) is 4.79 Å². The van der Waals surface area contributed by atoms with Gasteiger partial charge in [-0.1, -0.05) is 34.1 Å². The number of hydrogen-bond acceptors (Lipinski definition) is 3. The van der Waals surface area contributed by atoms with E-state index in [-0.39, 0.29) is 5.91 Å². The summed E-state index contributed by atoms with van der Waals surface area (Å²) < 4.78 is 6.60. The molecule has 0 radical (unpaired) electrons. The van der Waals surface area contributed by atoms with Crippen LogP contribution in [0.15, 0.2) is 65.3 Å². The first-order chi connectivity index (χ1) is 11.1. The molecule has 0 saturated carbocycles. The molecule has 4 nitrogen and oxygen atoms in total. The number of anilines is 1. The fraction of sp³-hybridized carbons (Fsp3) is 0.111. The molecule has 3 rings (SSSR count). The standard InChI is InChI=1S/C18H15BrN2O2/c1-12(23-16-8-6-14(19)7-9-16)18(22)21-15-10-13-4-2-3-5-17(13)20-11-15/h2-12H,1H3,(H,21,22). The largest absolute Gasteiger partial charge is 0.481 e. The Balaban J connectivity index is 1.68. The molecule has 116 valence electrons. The number of ether oxygens (including phenoxy) is 1. The summed E-state index contributed by atoms with van der Waals surface area (Å²) >= 11 is 3.36. The highest BCUT2D eigenvalue weighted by Crippen LogP contribution is 2.19. The van der Waals surface area contributed by atoms with Gasteiger partial charge in [0.2, 0.25) is 0 Å². The molecule has 0 aliphatic heterocycles. The highest BCUT2D eigenvalue weighted by molar-refractivity contribution is 9.10. The first kappa shape index (κ1) is 15.5. The lowest BCUT2D eigenvalue weighted by Gasteiger charge is -2.15. The molecule has 0 saturated heterocycles. The van der Waals surface area contributed by atoms with E-state index in [9.17, 15) is 4.79 Å². The molecule has 0 spiro atoms. The second-order valence-electron chi connectivity index (χ2n) is 5.12. The Bertz CT molecular complexity index is 834. The summed E-state index contributed by atoms with van der Waals surface area (Å²) in [5.41, 5.74) is 1.55. The third-order valence-electron chi connectivity index (χ3n) is 3.35. The molecular weight excluding hydrogens is 356 g/mol. The maximum absolute atomic E-state index is 12.2. The molecule has 0 bridgehead atoms. The van der Waals surface area contributed by atoms with Gasteiger partial charge in [0, 0.05) is 9.86 Å². The van der Waals surface area contributed by atoms with Crippen LogP contribution in [0.4, 0.5) is 5.69 Å². The normalized spacial score (nSPS) is 11.9. The third-order valence-corrected chi connectivity index (χ3v) is 3.88. The van der Waals surface area contributed by atoms with Crippen molar-refractivity contribution >= 4 is 38.4 Å². The molecule has 5 heteroatoms. The van der Waals surface area contributed by atoms with E-state index in [1.807, 2.05) is 54.6 Å². The van der Waals surface area contributed by atoms with E-state index < -0.39 is 6.10 Å². The predicted molar refractivity (Wildman–Crippen MR) is 94.6 cm³/mol. The molecule has 1 N–H and O–H groups in total. The van der Waals surface area contributed by atoms with E-state index >= 15 is 0 Å². The Morgan fingerprint density at radius 2 is 1.91 bits per heavy atom. The van der Waals surface area contributed by atoms with Crippen LogP contribution in [0.5, 0.6) is 5.75 Å². The smallest absolute Gasteiger partial charge is 0.265 e. The Morgan fingerprint density at radius 1 is 1.17 bits per heavy atom. The minimum Gasteiger partial charge on any atom is -0.481 e. The van der Waals surface area contributed by atoms with Crippen molar-refractivity contribution in [3.63, 3.8) is 0 Å². The number of carbonyl (C=O) groups is 1. The number of rotatable bonds is 4. The molecule has 1 atom stereocenters. The molecule has 0 aliphatic carbocycles. The number of aromatic nitrogens is 1. The van der Waals surface area contributed by atoms with Gasteiger partial charge in [0.1, 0.15) is 5.75 Å². The SMILES string of the molecule is CC(Oc1ccc(Br)cc1)C(=O)Nc1cnc2ccccc2c1. The van der Waals surface area contributed by atoms with E-state index in [1.165, 1.54) is 0 Å². The highest BCUT2D eigenvalue weighted by Gasteiger charge is 2.15. The lowest BCUT2D eigenvalue weighted by molar-refractivity contribution is -0.122. The monoisotopic (exact) mass is 370 g/mol. The number of nitrogens with one attached hydrogen (secondary N) is 1. The molecule has 1 amide bonds. The maximum atomic E-state index is 12.2. The van der Waals surface area contributed by atoms with Crippen LogP contribution in [0.1, 0.15) is 6.92 Å². The molecule has 3 aromatic rings. The van der Waals surface area contributed by atoms with E-state index in [2.05, 4.69) is 26.2 Å². The van der Waals surface area contributed by atoms with Crippen LogP contribution >= 0.6 is 15.9 Å². The first-order valence-corrected chi connectivity index (χ1v) is 7.99. The van der Waals surface area contributed by atoms with Gasteiger partial charge in [0.25, 0.3) is 5.91 Å². The number of benzene rings is 2. The predicted octanol–water partition coefficient (Wildman–Crippen LogP) is 4.40. The van der Waals surface area contributed by atoms with Crippen molar-refractivity contribution in [1.29, 1.82) is 0 Å². The van der Waals surface area contributed by atoms with Crippen LogP contribution in [0.2, 0.25) is 0 Å². The van der Waals surface area contributed by atoms with Crippen molar-refractivity contribution < 1.29 is 9.53 Å². The average molecular weight is 371 g/mol. The molecule has 1 aromatic heterocycles. The lowest BCUT2D eigenvalue weighted by Crippen LogP contribution is -2.30. The number of fused-ring (bicyclic) bond motifs is 1. The summed E-state index contributed by atoms with van der Waals surface area (Å²) in [6.07, 6.45) is 1.04. The number of amides is 1. The number of halogens is 1. The molecule has 1 unspecified atom stereocenters. The Labute approximate surface area is 142 Å². The van der Waals surface area contributed by atoms with E-state index in [1.54, 1.807) is 13.1 Å². The van der Waals surface area contributed by atoms with Crippen LogP contribution in [0, 0.1) is 0 Å². The van der Waals surface area contributed by atoms with E-state index in [0.29, 0.717) is 11.4 Å². The summed E-state index contributed by atoms with van der Waals surface area (Å²) in [5, 5.41) is 3.81. The van der Waals surface area contributed by atoms with Crippen molar-refractivity contribution in [3.05, 3.63) is 65.3 Å². The van der Waals surface area contributed by atoms with Gasteiger partial charge in [0.15, 0.2) is 6.10 Å². The topological polar surface area (TPSA) is 51.2 Å². The number of carbonyl (C=O) groups excluding carboxylic acids is 1. The van der Waals surface area contributed by atoms with Crippen LogP contribution < -0.4 is 10.1 Å². The maximum Gasteiger partial charge on any atom is 0.265 e. The Kier molecular flexibility index (Phi) is 4.57. The van der Waals surface area contributed by atoms with E-state index in [0.717, 1.165) is 15.4 Å². The summed E-state index contributed by atoms with van der Waals surface area (Å²) in [6.45, 7) is 1.71. The number of pyridine rings is 1. The molecule has 2 aromatic carbocycles. The van der Waals surface area contributed by atoms with Gasteiger partial charge in [-0.2, -0.15) is 0 Å². The zero-order valence-corrected chi connectivity index (χ0v) is 14.1. The fourth-order valence-corrected chi connectivity index (χ4v) is 2.42. The van der Waals surface area contributed by atoms with Gasteiger partial charge >= 0.3 is 0 Å². The van der Waals surface area contributed by atoms with Crippen LogP contribution in [0.25, 0.3) is 10.9 Å². The Hall–Kier alpha value is -2.40. The second-order valence-corrected chi connectivity index (χ2v) is 6.04. The average Bonchev–Trinajstić information content (AvgIpc) is 2.56. The highest BCUT2D eigenvalue weighted by atomic mass is 79.9. The van der Waals surface area contributed by atoms with Crippen molar-refractivity contribution in [2.45, 2.75) is 13.0 Å². The first-order valence-electron chi connectivity index (χ1n) is 7.20. The zero-order chi connectivity index (χ0) is 16.2. The summed E-state index contributed by atoms with van der Waals surface area (Å²) in [4.78, 5) is 16.6. The van der Waals surface area contributed by atoms with Gasteiger partial charge in [-0.15, -0.1) is 0 Å². The van der Waals surface area contributed by atoms with Crippen molar-refractivity contribution in [3.8, 4) is 5.75 Å². The van der Waals surface area contributed by atoms with Gasteiger partial charge in [-0.3, -0.25) is 9.78 Å². The minimum atomic E-state index is -0.609. The van der Waals surface area contributed by atoms with E-state index in [4.69, 9.17) is 4.74 Å². The van der Waals surface area contributed by atoms with Crippen LogP contribution in [-0.4, -0.2) is 17.0 Å².